The van der Waals surface area contributed by atoms with E-state index < -0.39 is 0 Å². The number of rotatable bonds is 6. The van der Waals surface area contributed by atoms with Gasteiger partial charge in [-0.15, -0.1) is 0 Å². The number of benzene rings is 1. The first kappa shape index (κ1) is 18.4. The van der Waals surface area contributed by atoms with Gasteiger partial charge in [0.05, 0.1) is 43.3 Å². The van der Waals surface area contributed by atoms with E-state index >= 15 is 0 Å². The number of urea groups is 1. The Morgan fingerprint density at radius 2 is 2.14 bits per heavy atom. The summed E-state index contributed by atoms with van der Waals surface area (Å²) in [6.07, 6.45) is 1.73. The van der Waals surface area contributed by atoms with Gasteiger partial charge in [-0.2, -0.15) is 5.10 Å². The summed E-state index contributed by atoms with van der Waals surface area (Å²) in [7, 11) is 0. The Morgan fingerprint density at radius 3 is 2.82 bits per heavy atom. The van der Waals surface area contributed by atoms with E-state index in [-0.39, 0.29) is 18.7 Å². The van der Waals surface area contributed by atoms with Crippen molar-refractivity contribution in [3.8, 4) is 0 Å². The van der Waals surface area contributed by atoms with Crippen molar-refractivity contribution in [3.05, 3.63) is 53.9 Å². The molecule has 1 aliphatic heterocycles. The van der Waals surface area contributed by atoms with Crippen molar-refractivity contribution in [2.45, 2.75) is 26.1 Å². The Kier molecular flexibility index (Phi) is 5.23. The summed E-state index contributed by atoms with van der Waals surface area (Å²) in [5, 5.41) is 20.7. The number of fused-ring (bicyclic) bond motifs is 1. The zero-order chi connectivity index (χ0) is 19.5. The van der Waals surface area contributed by atoms with Gasteiger partial charge in [0, 0.05) is 17.8 Å². The number of aliphatic hydroxyl groups is 1. The van der Waals surface area contributed by atoms with E-state index in [0.29, 0.717) is 17.4 Å². The van der Waals surface area contributed by atoms with Crippen LogP contribution in [-0.4, -0.2) is 39.1 Å². The molecule has 0 spiro atoms. The first-order valence-corrected chi connectivity index (χ1v) is 9.30. The second kappa shape index (κ2) is 7.95. The van der Waals surface area contributed by atoms with Gasteiger partial charge < -0.3 is 15.2 Å². The van der Waals surface area contributed by atoms with E-state index in [1.165, 1.54) is 0 Å². The number of hydrogen-bond acceptors (Lipinski definition) is 5. The van der Waals surface area contributed by atoms with Gasteiger partial charge in [0.2, 0.25) is 0 Å². The number of nitrogens with zero attached hydrogens (tertiary/aromatic N) is 3. The average Bonchev–Trinajstić information content (AvgIpc) is 3.07. The maximum absolute atomic E-state index is 12.4. The highest BCUT2D eigenvalue weighted by Crippen LogP contribution is 2.23. The molecule has 8 nitrogen and oxygen atoms in total. The number of carbonyl (C=O) groups excluding carboxylic acids is 1. The normalized spacial score (nSPS) is 15.2. The molecule has 4 rings (SSSR count). The van der Waals surface area contributed by atoms with Crippen LogP contribution in [0.1, 0.15) is 24.2 Å². The molecule has 8 heteroatoms. The minimum atomic E-state index is -0.355. The van der Waals surface area contributed by atoms with Crippen LogP contribution in [0.4, 0.5) is 10.6 Å². The maximum Gasteiger partial charge on any atom is 0.320 e. The van der Waals surface area contributed by atoms with Crippen LogP contribution in [0, 0.1) is 5.92 Å². The van der Waals surface area contributed by atoms with Crippen LogP contribution < -0.4 is 10.6 Å². The van der Waals surface area contributed by atoms with Gasteiger partial charge in [-0.3, -0.25) is 10.00 Å². The molecule has 0 bridgehead atoms. The van der Waals surface area contributed by atoms with Crippen molar-refractivity contribution in [3.63, 3.8) is 0 Å². The van der Waals surface area contributed by atoms with Gasteiger partial charge in [0.15, 0.2) is 0 Å². The van der Waals surface area contributed by atoms with Crippen LogP contribution in [0.15, 0.2) is 42.6 Å². The van der Waals surface area contributed by atoms with Gasteiger partial charge >= 0.3 is 6.03 Å². The van der Waals surface area contributed by atoms with Crippen LogP contribution in [0.2, 0.25) is 0 Å². The lowest BCUT2D eigenvalue weighted by molar-refractivity contribution is -0.0403. The monoisotopic (exact) mass is 381 g/mol. The molecule has 0 saturated carbocycles. The molecule has 0 aliphatic carbocycles. The molecule has 146 valence electrons. The van der Waals surface area contributed by atoms with Crippen molar-refractivity contribution < 1.29 is 14.6 Å². The summed E-state index contributed by atoms with van der Waals surface area (Å²) >= 11 is 0. The van der Waals surface area contributed by atoms with E-state index in [1.54, 1.807) is 12.3 Å². The maximum atomic E-state index is 12.4. The highest BCUT2D eigenvalue weighted by molar-refractivity contribution is 5.92. The molecule has 3 aromatic rings. The minimum Gasteiger partial charge on any atom is -0.390 e. The summed E-state index contributed by atoms with van der Waals surface area (Å²) in [6, 6.07) is 11.0. The van der Waals surface area contributed by atoms with Crippen molar-refractivity contribution in [2.24, 2.45) is 5.92 Å². The number of carbonyl (C=O) groups is 1. The second-order valence-electron chi connectivity index (χ2n) is 7.01. The van der Waals surface area contributed by atoms with Crippen LogP contribution in [0.5, 0.6) is 0 Å². The van der Waals surface area contributed by atoms with Crippen molar-refractivity contribution in [2.75, 3.05) is 18.5 Å². The second-order valence-corrected chi connectivity index (χ2v) is 7.01. The standard InChI is InChI=1S/C20H23N5O3/c1-13(15-5-3-2-4-6-15)22-20(27)24-18-7-16-8-21-25(9-14-11-28-12-14)19(16)17(10-26)23-18/h2-8,13-14,26H,9-12H2,1H3,(H2,22,23,24,27)/t13-/m1/s1. The van der Waals surface area contributed by atoms with Crippen LogP contribution in [0.25, 0.3) is 10.9 Å². The van der Waals surface area contributed by atoms with Crippen molar-refractivity contribution >= 4 is 22.8 Å². The third kappa shape index (κ3) is 3.83. The quantitative estimate of drug-likeness (QED) is 0.609. The van der Waals surface area contributed by atoms with Crippen molar-refractivity contribution in [1.29, 1.82) is 0 Å². The number of anilines is 1. The Labute approximate surface area is 162 Å². The zero-order valence-corrected chi connectivity index (χ0v) is 15.6. The Balaban J connectivity index is 1.50. The topological polar surface area (TPSA) is 101 Å². The third-order valence-corrected chi connectivity index (χ3v) is 4.87. The molecule has 0 unspecified atom stereocenters. The molecule has 1 saturated heterocycles. The first-order chi connectivity index (χ1) is 13.6. The van der Waals surface area contributed by atoms with Crippen molar-refractivity contribution in [1.82, 2.24) is 20.1 Å². The number of ether oxygens (including phenoxy) is 1. The predicted octanol–water partition coefficient (Wildman–Crippen LogP) is 2.45. The summed E-state index contributed by atoms with van der Waals surface area (Å²) in [4.78, 5) is 16.8. The van der Waals surface area contributed by atoms with E-state index in [1.807, 2.05) is 41.9 Å². The van der Waals surface area contributed by atoms with E-state index in [9.17, 15) is 9.90 Å². The lowest BCUT2D eigenvalue weighted by Gasteiger charge is -2.26. The number of nitrogens with one attached hydrogen (secondary N) is 2. The number of pyridine rings is 1. The molecule has 3 N–H and O–H groups in total. The summed E-state index contributed by atoms with van der Waals surface area (Å²) < 4.78 is 7.07. The SMILES string of the molecule is C[C@@H](NC(=O)Nc1cc2cnn(CC3COC3)c2c(CO)n1)c1ccccc1. The smallest absolute Gasteiger partial charge is 0.320 e. The summed E-state index contributed by atoms with van der Waals surface area (Å²) in [6.45, 7) is 3.85. The molecule has 1 atom stereocenters. The molecule has 1 fully saturated rings. The van der Waals surface area contributed by atoms with E-state index in [2.05, 4.69) is 20.7 Å². The predicted molar refractivity (Wildman–Crippen MR) is 105 cm³/mol. The fourth-order valence-corrected chi connectivity index (χ4v) is 3.32. The minimum absolute atomic E-state index is 0.144. The fraction of sp³-hybridized carbons (Fsp3) is 0.350. The summed E-state index contributed by atoms with van der Waals surface area (Å²) in [5.74, 6) is 0.804. The molecule has 3 heterocycles. The van der Waals surface area contributed by atoms with Gasteiger partial charge in [0.1, 0.15) is 5.82 Å². The molecule has 1 aromatic carbocycles. The summed E-state index contributed by atoms with van der Waals surface area (Å²) in [5.41, 5.74) is 2.29. The first-order valence-electron chi connectivity index (χ1n) is 9.30. The van der Waals surface area contributed by atoms with Gasteiger partial charge in [-0.1, -0.05) is 30.3 Å². The van der Waals surface area contributed by atoms with Gasteiger partial charge in [-0.25, -0.2) is 9.78 Å². The molecular formula is C20H23N5O3. The fourth-order valence-electron chi connectivity index (χ4n) is 3.32. The number of aromatic nitrogens is 3. The largest absolute Gasteiger partial charge is 0.390 e. The molecule has 2 amide bonds. The Hall–Kier alpha value is -2.97. The molecule has 1 aliphatic rings. The van der Waals surface area contributed by atoms with E-state index in [4.69, 9.17) is 4.74 Å². The number of hydrogen-bond donors (Lipinski definition) is 3. The zero-order valence-electron chi connectivity index (χ0n) is 15.6. The highest BCUT2D eigenvalue weighted by atomic mass is 16.5. The lowest BCUT2D eigenvalue weighted by Crippen LogP contribution is -2.32. The van der Waals surface area contributed by atoms with Crippen LogP contribution in [0.3, 0.4) is 0 Å². The molecule has 2 aromatic heterocycles. The Bertz CT molecular complexity index is 969. The third-order valence-electron chi connectivity index (χ3n) is 4.87. The van der Waals surface area contributed by atoms with Gasteiger partial charge in [-0.05, 0) is 18.6 Å². The van der Waals surface area contributed by atoms with Crippen LogP contribution >= 0.6 is 0 Å². The van der Waals surface area contributed by atoms with Crippen LogP contribution in [-0.2, 0) is 17.9 Å². The number of aliphatic hydroxyl groups excluding tert-OH is 1. The molecule has 28 heavy (non-hydrogen) atoms. The Morgan fingerprint density at radius 1 is 1.36 bits per heavy atom. The number of amides is 2. The molecule has 0 radical (unpaired) electrons. The average molecular weight is 381 g/mol. The highest BCUT2D eigenvalue weighted by Gasteiger charge is 2.21. The van der Waals surface area contributed by atoms with Gasteiger partial charge in [0.25, 0.3) is 0 Å². The van der Waals surface area contributed by atoms with E-state index in [0.717, 1.165) is 36.2 Å². The lowest BCUT2D eigenvalue weighted by atomic mass is 10.1. The molecular weight excluding hydrogens is 358 g/mol.